The first-order chi connectivity index (χ1) is 4.86. The van der Waals surface area contributed by atoms with Crippen molar-refractivity contribution in [2.24, 2.45) is 0 Å². The average Bonchev–Trinajstić information content (AvgIpc) is 2.33. The lowest BCUT2D eigenvalue weighted by atomic mass is 10.1. The Hall–Kier alpha value is -0.830. The van der Waals surface area contributed by atoms with Gasteiger partial charge < -0.3 is 9.67 Å². The summed E-state index contributed by atoms with van der Waals surface area (Å²) in [5.41, 5.74) is 0. The molecule has 0 spiro atoms. The van der Waals surface area contributed by atoms with Crippen molar-refractivity contribution in [2.45, 2.75) is 25.5 Å². The maximum absolute atomic E-state index is 9.23. The maximum atomic E-state index is 9.23. The molecule has 0 fully saturated rings. The molecule has 1 atom stereocenters. The minimum atomic E-state index is -0.165. The van der Waals surface area contributed by atoms with Gasteiger partial charge in [0.15, 0.2) is 0 Å². The van der Waals surface area contributed by atoms with Crippen LogP contribution in [0.5, 0.6) is 0 Å². The fourth-order valence-electron chi connectivity index (χ4n) is 1.35. The Balaban J connectivity index is 2.30. The summed E-state index contributed by atoms with van der Waals surface area (Å²) in [4.78, 5) is 4.14. The highest BCUT2D eigenvalue weighted by molar-refractivity contribution is 4.96. The van der Waals surface area contributed by atoms with Crippen LogP contribution in [0.25, 0.3) is 0 Å². The first kappa shape index (κ1) is 5.92. The number of imidazole rings is 1. The van der Waals surface area contributed by atoms with Gasteiger partial charge in [0.2, 0.25) is 0 Å². The highest BCUT2D eigenvalue weighted by Gasteiger charge is 2.15. The van der Waals surface area contributed by atoms with E-state index in [-0.39, 0.29) is 6.10 Å². The molecule has 0 radical (unpaired) electrons. The number of fused-ring (bicyclic) bond motifs is 1. The number of aliphatic hydroxyl groups excluding tert-OH is 1. The van der Waals surface area contributed by atoms with Gasteiger partial charge in [-0.1, -0.05) is 0 Å². The third-order valence-corrected chi connectivity index (χ3v) is 1.91. The molecule has 2 rings (SSSR count). The monoisotopic (exact) mass is 138 g/mol. The van der Waals surface area contributed by atoms with Crippen LogP contribution in [0.15, 0.2) is 12.4 Å². The zero-order valence-electron chi connectivity index (χ0n) is 5.70. The minimum Gasteiger partial charge on any atom is -0.391 e. The normalized spacial score (nSPS) is 24.3. The lowest BCUT2D eigenvalue weighted by molar-refractivity contribution is 0.130. The molecule has 0 bridgehead atoms. The molecule has 0 saturated carbocycles. The van der Waals surface area contributed by atoms with Gasteiger partial charge in [-0.15, -0.1) is 0 Å². The second kappa shape index (κ2) is 2.09. The van der Waals surface area contributed by atoms with E-state index in [1.54, 1.807) is 6.20 Å². The van der Waals surface area contributed by atoms with Crippen LogP contribution in [0.1, 0.15) is 12.2 Å². The summed E-state index contributed by atoms with van der Waals surface area (Å²) in [6.45, 7) is 0.718. The van der Waals surface area contributed by atoms with Crippen LogP contribution in [0.3, 0.4) is 0 Å². The second-order valence-corrected chi connectivity index (χ2v) is 2.69. The van der Waals surface area contributed by atoms with E-state index in [4.69, 9.17) is 0 Å². The van der Waals surface area contributed by atoms with E-state index < -0.39 is 0 Å². The zero-order valence-corrected chi connectivity index (χ0v) is 5.70. The predicted octanol–water partition coefficient (Wildman–Crippen LogP) is 0.190. The van der Waals surface area contributed by atoms with Crippen molar-refractivity contribution in [2.75, 3.05) is 0 Å². The van der Waals surface area contributed by atoms with E-state index in [1.165, 1.54) is 0 Å². The maximum Gasteiger partial charge on any atom is 0.108 e. The summed E-state index contributed by atoms with van der Waals surface area (Å²) >= 11 is 0. The summed E-state index contributed by atoms with van der Waals surface area (Å²) in [6, 6.07) is 0. The summed E-state index contributed by atoms with van der Waals surface area (Å²) in [7, 11) is 0. The lowest BCUT2D eigenvalue weighted by Crippen LogP contribution is -2.23. The Morgan fingerprint density at radius 2 is 2.60 bits per heavy atom. The topological polar surface area (TPSA) is 38.1 Å². The Morgan fingerprint density at radius 1 is 1.70 bits per heavy atom. The number of nitrogens with zero attached hydrogens (tertiary/aromatic N) is 2. The van der Waals surface area contributed by atoms with Crippen molar-refractivity contribution in [3.63, 3.8) is 0 Å². The fourth-order valence-corrected chi connectivity index (χ4v) is 1.35. The van der Waals surface area contributed by atoms with Crippen molar-refractivity contribution >= 4 is 0 Å². The Labute approximate surface area is 59.3 Å². The van der Waals surface area contributed by atoms with Gasteiger partial charge in [-0.3, -0.25) is 0 Å². The molecular weight excluding hydrogens is 128 g/mol. The Bertz CT molecular complexity index is 231. The number of aliphatic hydroxyl groups is 1. The molecule has 3 heteroatoms. The standard InChI is InChI=1S/C7H10N2O/c10-6-1-2-7-8-3-4-9(7)5-6/h3-4,6,10H,1-2,5H2/t6-/m1/s1. The number of rotatable bonds is 0. The second-order valence-electron chi connectivity index (χ2n) is 2.69. The number of aryl methyl sites for hydroxylation is 1. The van der Waals surface area contributed by atoms with Gasteiger partial charge in [-0.25, -0.2) is 4.98 Å². The van der Waals surface area contributed by atoms with Gasteiger partial charge in [-0.2, -0.15) is 0 Å². The Kier molecular flexibility index (Phi) is 1.24. The van der Waals surface area contributed by atoms with Crippen LogP contribution in [0.2, 0.25) is 0 Å². The quantitative estimate of drug-likeness (QED) is 0.555. The molecule has 10 heavy (non-hydrogen) atoms. The Morgan fingerprint density at radius 3 is 3.50 bits per heavy atom. The molecule has 0 amide bonds. The molecule has 2 heterocycles. The molecule has 1 aromatic heterocycles. The van der Waals surface area contributed by atoms with E-state index in [2.05, 4.69) is 4.98 Å². The lowest BCUT2D eigenvalue weighted by Gasteiger charge is -2.18. The molecule has 1 N–H and O–H groups in total. The third-order valence-electron chi connectivity index (χ3n) is 1.91. The molecule has 0 aliphatic carbocycles. The molecular formula is C7H10N2O. The van der Waals surface area contributed by atoms with Gasteiger partial charge in [0.25, 0.3) is 0 Å². The van der Waals surface area contributed by atoms with Gasteiger partial charge in [0.05, 0.1) is 6.10 Å². The van der Waals surface area contributed by atoms with E-state index in [9.17, 15) is 5.11 Å². The largest absolute Gasteiger partial charge is 0.391 e. The van der Waals surface area contributed by atoms with Crippen LogP contribution in [0, 0.1) is 0 Å². The number of hydrogen-bond acceptors (Lipinski definition) is 2. The van der Waals surface area contributed by atoms with Gasteiger partial charge >= 0.3 is 0 Å². The number of aromatic nitrogens is 2. The van der Waals surface area contributed by atoms with Crippen LogP contribution >= 0.6 is 0 Å². The average molecular weight is 138 g/mol. The predicted molar refractivity (Wildman–Crippen MR) is 36.6 cm³/mol. The molecule has 1 aromatic rings. The summed E-state index contributed by atoms with van der Waals surface area (Å²) < 4.78 is 2.01. The molecule has 0 saturated heterocycles. The van der Waals surface area contributed by atoms with Crippen molar-refractivity contribution in [1.29, 1.82) is 0 Å². The highest BCUT2D eigenvalue weighted by Crippen LogP contribution is 2.11. The summed E-state index contributed by atoms with van der Waals surface area (Å²) in [5.74, 6) is 1.10. The smallest absolute Gasteiger partial charge is 0.108 e. The van der Waals surface area contributed by atoms with Crippen molar-refractivity contribution in [3.8, 4) is 0 Å². The van der Waals surface area contributed by atoms with E-state index in [0.717, 1.165) is 25.2 Å². The zero-order chi connectivity index (χ0) is 6.97. The molecule has 1 aliphatic rings. The summed E-state index contributed by atoms with van der Waals surface area (Å²) in [6.07, 6.45) is 5.30. The first-order valence-corrected chi connectivity index (χ1v) is 3.54. The van der Waals surface area contributed by atoms with Crippen molar-refractivity contribution in [1.82, 2.24) is 9.55 Å². The van der Waals surface area contributed by atoms with Crippen LogP contribution in [-0.2, 0) is 13.0 Å². The van der Waals surface area contributed by atoms with E-state index in [1.807, 2.05) is 10.8 Å². The molecule has 54 valence electrons. The molecule has 1 aliphatic heterocycles. The van der Waals surface area contributed by atoms with Gasteiger partial charge in [0, 0.05) is 25.4 Å². The van der Waals surface area contributed by atoms with Crippen molar-refractivity contribution in [3.05, 3.63) is 18.2 Å². The molecule has 0 unspecified atom stereocenters. The van der Waals surface area contributed by atoms with Gasteiger partial charge in [-0.05, 0) is 6.42 Å². The van der Waals surface area contributed by atoms with Crippen LogP contribution in [-0.4, -0.2) is 20.8 Å². The SMILES string of the molecule is O[C@@H]1CCc2nccn2C1. The van der Waals surface area contributed by atoms with Gasteiger partial charge in [0.1, 0.15) is 5.82 Å². The minimum absolute atomic E-state index is 0.165. The van der Waals surface area contributed by atoms with E-state index in [0.29, 0.717) is 0 Å². The fraction of sp³-hybridized carbons (Fsp3) is 0.571. The highest BCUT2D eigenvalue weighted by atomic mass is 16.3. The van der Waals surface area contributed by atoms with Crippen molar-refractivity contribution < 1.29 is 5.11 Å². The van der Waals surface area contributed by atoms with Crippen LogP contribution in [0.4, 0.5) is 0 Å². The number of hydrogen-bond donors (Lipinski definition) is 1. The molecule has 3 nitrogen and oxygen atoms in total. The van der Waals surface area contributed by atoms with Crippen LogP contribution < -0.4 is 0 Å². The molecule has 0 aromatic carbocycles. The third kappa shape index (κ3) is 0.827. The summed E-state index contributed by atoms with van der Waals surface area (Å²) in [5, 5.41) is 9.23. The first-order valence-electron chi connectivity index (χ1n) is 3.54. The van der Waals surface area contributed by atoms with E-state index >= 15 is 0 Å².